The molecular formula is C18H28N2O. The fourth-order valence-electron chi connectivity index (χ4n) is 3.37. The number of nitrogens with one attached hydrogen (secondary N) is 1. The highest BCUT2D eigenvalue weighted by Crippen LogP contribution is 2.34. The van der Waals surface area contributed by atoms with Crippen LogP contribution in [-0.4, -0.2) is 12.5 Å². The minimum Gasteiger partial charge on any atom is -0.370 e. The molecule has 1 amide bonds. The summed E-state index contributed by atoms with van der Waals surface area (Å²) in [5.41, 5.74) is 6.59. The van der Waals surface area contributed by atoms with Crippen molar-refractivity contribution >= 4 is 5.91 Å². The average Bonchev–Trinajstić information content (AvgIpc) is 2.52. The van der Waals surface area contributed by atoms with E-state index >= 15 is 0 Å². The first-order valence-electron chi connectivity index (χ1n) is 8.34. The first-order valence-corrected chi connectivity index (χ1v) is 8.34. The Kier molecular flexibility index (Phi) is 6.74. The molecule has 1 fully saturated rings. The summed E-state index contributed by atoms with van der Waals surface area (Å²) in [5.74, 6) is 0.555. The van der Waals surface area contributed by atoms with Gasteiger partial charge in [0.25, 0.3) is 0 Å². The molecule has 116 valence electrons. The summed E-state index contributed by atoms with van der Waals surface area (Å²) in [5, 5.41) is 3.73. The van der Waals surface area contributed by atoms with Gasteiger partial charge in [-0.2, -0.15) is 0 Å². The van der Waals surface area contributed by atoms with Gasteiger partial charge >= 0.3 is 0 Å². The van der Waals surface area contributed by atoms with Crippen LogP contribution >= 0.6 is 0 Å². The predicted molar refractivity (Wildman–Crippen MR) is 86.8 cm³/mol. The van der Waals surface area contributed by atoms with E-state index in [0.717, 1.165) is 25.3 Å². The Balaban J connectivity index is 1.88. The molecule has 0 radical (unpaired) electrons. The first kappa shape index (κ1) is 16.0. The van der Waals surface area contributed by atoms with Gasteiger partial charge in [0.05, 0.1) is 0 Å². The maximum Gasteiger partial charge on any atom is 0.217 e. The third kappa shape index (κ3) is 5.50. The van der Waals surface area contributed by atoms with Gasteiger partial charge in [-0.05, 0) is 43.7 Å². The van der Waals surface area contributed by atoms with Crippen LogP contribution in [0.5, 0.6) is 0 Å². The lowest BCUT2D eigenvalue weighted by Crippen LogP contribution is -2.30. The topological polar surface area (TPSA) is 55.1 Å². The molecule has 0 aliphatic heterocycles. The lowest BCUT2D eigenvalue weighted by molar-refractivity contribution is -0.118. The van der Waals surface area contributed by atoms with Crippen LogP contribution in [-0.2, 0) is 4.79 Å². The number of unbranched alkanes of at least 4 members (excludes halogenated alkanes) is 1. The normalized spacial score (nSPS) is 17.5. The highest BCUT2D eigenvalue weighted by molar-refractivity contribution is 5.73. The van der Waals surface area contributed by atoms with Crippen molar-refractivity contribution in [2.45, 2.75) is 57.4 Å². The van der Waals surface area contributed by atoms with Crippen LogP contribution < -0.4 is 11.1 Å². The van der Waals surface area contributed by atoms with Gasteiger partial charge in [-0.25, -0.2) is 0 Å². The molecule has 3 N–H and O–H groups in total. The Morgan fingerprint density at radius 2 is 1.86 bits per heavy atom. The summed E-state index contributed by atoms with van der Waals surface area (Å²) in [6.07, 6.45) is 9.15. The van der Waals surface area contributed by atoms with E-state index in [-0.39, 0.29) is 5.91 Å². The fourth-order valence-corrected chi connectivity index (χ4v) is 3.37. The van der Waals surface area contributed by atoms with Crippen LogP contribution in [0.15, 0.2) is 30.3 Å². The second-order valence-corrected chi connectivity index (χ2v) is 6.16. The van der Waals surface area contributed by atoms with Crippen molar-refractivity contribution in [3.63, 3.8) is 0 Å². The summed E-state index contributed by atoms with van der Waals surface area (Å²) in [7, 11) is 0. The van der Waals surface area contributed by atoms with Crippen molar-refractivity contribution in [3.8, 4) is 0 Å². The Bertz CT molecular complexity index is 412. The molecule has 3 heteroatoms. The molecule has 1 aromatic carbocycles. The smallest absolute Gasteiger partial charge is 0.217 e. The van der Waals surface area contributed by atoms with Crippen LogP contribution in [0, 0.1) is 5.92 Å². The van der Waals surface area contributed by atoms with Gasteiger partial charge in [-0.15, -0.1) is 0 Å². The van der Waals surface area contributed by atoms with Crippen LogP contribution in [0.2, 0.25) is 0 Å². The highest BCUT2D eigenvalue weighted by Gasteiger charge is 2.24. The lowest BCUT2D eigenvalue weighted by atomic mass is 9.81. The molecule has 2 rings (SSSR count). The molecule has 0 saturated heterocycles. The van der Waals surface area contributed by atoms with Gasteiger partial charge in [0, 0.05) is 12.5 Å². The Morgan fingerprint density at radius 1 is 1.14 bits per heavy atom. The van der Waals surface area contributed by atoms with Crippen molar-refractivity contribution in [2.24, 2.45) is 11.7 Å². The molecule has 1 aromatic rings. The molecule has 1 aliphatic rings. The van der Waals surface area contributed by atoms with E-state index in [1.807, 2.05) is 0 Å². The van der Waals surface area contributed by atoms with E-state index in [2.05, 4.69) is 35.6 Å². The standard InChI is InChI=1S/C18H28N2O/c19-17(21)13-7-8-14-20-18(15-9-3-1-4-10-15)16-11-5-2-6-12-16/h1,3-4,9-10,16,18,20H,2,5-8,11-14H2,(H2,19,21). The number of nitrogens with two attached hydrogens (primary N) is 1. The predicted octanol–water partition coefficient (Wildman–Crippen LogP) is 3.55. The lowest BCUT2D eigenvalue weighted by Gasteiger charge is -2.31. The number of rotatable bonds is 8. The van der Waals surface area contributed by atoms with Crippen LogP contribution in [0.4, 0.5) is 0 Å². The van der Waals surface area contributed by atoms with E-state index in [1.165, 1.54) is 37.7 Å². The largest absolute Gasteiger partial charge is 0.370 e. The van der Waals surface area contributed by atoms with Gasteiger partial charge in [-0.1, -0.05) is 49.6 Å². The van der Waals surface area contributed by atoms with Crippen molar-refractivity contribution in [3.05, 3.63) is 35.9 Å². The zero-order valence-corrected chi connectivity index (χ0v) is 12.9. The molecule has 21 heavy (non-hydrogen) atoms. The highest BCUT2D eigenvalue weighted by atomic mass is 16.1. The second kappa shape index (κ2) is 8.83. The van der Waals surface area contributed by atoms with Crippen LogP contribution in [0.3, 0.4) is 0 Å². The quantitative estimate of drug-likeness (QED) is 0.719. The van der Waals surface area contributed by atoms with Crippen LogP contribution in [0.1, 0.15) is 63.0 Å². The maximum atomic E-state index is 10.8. The van der Waals surface area contributed by atoms with Gasteiger partial charge in [0.1, 0.15) is 0 Å². The van der Waals surface area contributed by atoms with Gasteiger partial charge in [0.15, 0.2) is 0 Å². The Labute approximate surface area is 128 Å². The molecule has 1 saturated carbocycles. The van der Waals surface area contributed by atoms with E-state index in [0.29, 0.717) is 12.5 Å². The van der Waals surface area contributed by atoms with Gasteiger partial charge < -0.3 is 11.1 Å². The van der Waals surface area contributed by atoms with Crippen molar-refractivity contribution in [1.29, 1.82) is 0 Å². The Hall–Kier alpha value is -1.35. The molecule has 0 spiro atoms. The molecule has 0 heterocycles. The molecule has 1 atom stereocenters. The number of primary amides is 1. The summed E-state index contributed by atoms with van der Waals surface area (Å²) in [6.45, 7) is 0.962. The third-order valence-corrected chi connectivity index (χ3v) is 4.49. The summed E-state index contributed by atoms with van der Waals surface area (Å²) < 4.78 is 0. The monoisotopic (exact) mass is 288 g/mol. The molecule has 0 bridgehead atoms. The molecule has 3 nitrogen and oxygen atoms in total. The fraction of sp³-hybridized carbons (Fsp3) is 0.611. The molecular weight excluding hydrogens is 260 g/mol. The van der Waals surface area contributed by atoms with E-state index in [9.17, 15) is 4.79 Å². The SMILES string of the molecule is NC(=O)CCCCNC(c1ccccc1)C1CCCCC1. The number of carbonyl (C=O) groups is 1. The van der Waals surface area contributed by atoms with E-state index in [4.69, 9.17) is 5.73 Å². The first-order chi connectivity index (χ1) is 10.3. The molecule has 0 aromatic heterocycles. The van der Waals surface area contributed by atoms with E-state index in [1.54, 1.807) is 0 Å². The van der Waals surface area contributed by atoms with E-state index < -0.39 is 0 Å². The van der Waals surface area contributed by atoms with Crippen molar-refractivity contribution in [1.82, 2.24) is 5.32 Å². The molecule has 1 aliphatic carbocycles. The molecule has 1 unspecified atom stereocenters. The van der Waals surface area contributed by atoms with Gasteiger partial charge in [-0.3, -0.25) is 4.79 Å². The number of hydrogen-bond donors (Lipinski definition) is 2. The third-order valence-electron chi connectivity index (χ3n) is 4.49. The summed E-state index contributed by atoms with van der Waals surface area (Å²) in [4.78, 5) is 10.8. The number of hydrogen-bond acceptors (Lipinski definition) is 2. The van der Waals surface area contributed by atoms with Gasteiger partial charge in [0.2, 0.25) is 5.91 Å². The number of benzene rings is 1. The minimum absolute atomic E-state index is 0.193. The Morgan fingerprint density at radius 3 is 2.52 bits per heavy atom. The second-order valence-electron chi connectivity index (χ2n) is 6.16. The zero-order chi connectivity index (χ0) is 14.9. The zero-order valence-electron chi connectivity index (χ0n) is 12.9. The number of amides is 1. The summed E-state index contributed by atoms with van der Waals surface area (Å²) in [6, 6.07) is 11.2. The maximum absolute atomic E-state index is 10.8. The number of carbonyl (C=O) groups excluding carboxylic acids is 1. The van der Waals surface area contributed by atoms with Crippen molar-refractivity contribution in [2.75, 3.05) is 6.54 Å². The minimum atomic E-state index is -0.193. The van der Waals surface area contributed by atoms with Crippen molar-refractivity contribution < 1.29 is 4.79 Å². The summed E-state index contributed by atoms with van der Waals surface area (Å²) >= 11 is 0. The average molecular weight is 288 g/mol. The van der Waals surface area contributed by atoms with Crippen LogP contribution in [0.25, 0.3) is 0 Å².